The Morgan fingerprint density at radius 1 is 1.08 bits per heavy atom. The van der Waals surface area contributed by atoms with Gasteiger partial charge >= 0.3 is 0 Å². The molecule has 0 spiro atoms. The van der Waals surface area contributed by atoms with E-state index >= 15 is 0 Å². The number of hydrogen-bond acceptors (Lipinski definition) is 2. The highest BCUT2D eigenvalue weighted by molar-refractivity contribution is 5.43. The topological polar surface area (TPSA) is 18.5 Å². The Morgan fingerprint density at radius 3 is 2.54 bits per heavy atom. The molecule has 1 saturated carbocycles. The van der Waals surface area contributed by atoms with Crippen LogP contribution >= 0.6 is 0 Å². The number of fused-ring (bicyclic) bond motifs is 1. The Hall–Kier alpha value is -1.91. The van der Waals surface area contributed by atoms with Crippen molar-refractivity contribution < 1.29 is 18.3 Å². The fourth-order valence-corrected chi connectivity index (χ4v) is 4.34. The third-order valence-electron chi connectivity index (χ3n) is 5.79. The number of ether oxygens (including phenoxy) is 2. The van der Waals surface area contributed by atoms with Crippen LogP contribution in [0.3, 0.4) is 0 Å². The van der Waals surface area contributed by atoms with Crippen molar-refractivity contribution in [1.82, 2.24) is 0 Å². The Morgan fingerprint density at radius 2 is 1.81 bits per heavy atom. The molecule has 2 aliphatic rings. The summed E-state index contributed by atoms with van der Waals surface area (Å²) in [6, 6.07) is 13.7. The zero-order chi connectivity index (χ0) is 18.1. The first kappa shape index (κ1) is 17.5. The van der Waals surface area contributed by atoms with Crippen LogP contribution in [0.1, 0.15) is 48.7 Å². The lowest BCUT2D eigenvalue weighted by molar-refractivity contribution is -0.927. The van der Waals surface area contributed by atoms with Crippen molar-refractivity contribution in [2.75, 3.05) is 14.1 Å². The second-order valence-electron chi connectivity index (χ2n) is 8.10. The maximum absolute atomic E-state index is 14.2. The van der Waals surface area contributed by atoms with Gasteiger partial charge in [-0.2, -0.15) is 0 Å². The van der Waals surface area contributed by atoms with Crippen LogP contribution in [0, 0.1) is 5.82 Å². The van der Waals surface area contributed by atoms with Crippen molar-refractivity contribution in [2.45, 2.75) is 51.2 Å². The van der Waals surface area contributed by atoms with Gasteiger partial charge in [0.15, 0.2) is 0 Å². The van der Waals surface area contributed by atoms with Crippen molar-refractivity contribution in [2.24, 2.45) is 0 Å². The lowest BCUT2D eigenvalue weighted by atomic mass is 10.0. The summed E-state index contributed by atoms with van der Waals surface area (Å²) in [6.07, 6.45) is 4.67. The van der Waals surface area contributed by atoms with Crippen molar-refractivity contribution in [1.29, 1.82) is 0 Å². The Kier molecular flexibility index (Phi) is 4.72. The fourth-order valence-electron chi connectivity index (χ4n) is 4.34. The molecule has 1 aliphatic heterocycles. The molecule has 1 heterocycles. The molecule has 0 amide bonds. The molecular formula is C22H27FNO2+. The average molecular weight is 356 g/mol. The monoisotopic (exact) mass is 356 g/mol. The average Bonchev–Trinajstić information content (AvgIpc) is 3.17. The summed E-state index contributed by atoms with van der Waals surface area (Å²) in [7, 11) is 4.50. The third-order valence-corrected chi connectivity index (χ3v) is 5.79. The molecule has 0 unspecified atom stereocenters. The van der Waals surface area contributed by atoms with Crippen LogP contribution in [0.5, 0.6) is 5.75 Å². The van der Waals surface area contributed by atoms with Crippen LogP contribution in [0.4, 0.5) is 4.39 Å². The van der Waals surface area contributed by atoms with E-state index in [-0.39, 0.29) is 5.82 Å². The minimum Gasteiger partial charge on any atom is -0.460 e. The van der Waals surface area contributed by atoms with Crippen LogP contribution in [-0.4, -0.2) is 24.6 Å². The molecule has 2 aromatic carbocycles. The van der Waals surface area contributed by atoms with Crippen LogP contribution in [0.2, 0.25) is 0 Å². The van der Waals surface area contributed by atoms with Gasteiger partial charge in [-0.25, -0.2) is 4.39 Å². The summed E-state index contributed by atoms with van der Waals surface area (Å²) in [5, 5.41) is 0. The molecule has 0 N–H and O–H groups in total. The summed E-state index contributed by atoms with van der Waals surface area (Å²) < 4.78 is 27.1. The quantitative estimate of drug-likeness (QED) is 0.722. The summed E-state index contributed by atoms with van der Waals surface area (Å²) in [5.74, 6) is 0.589. The number of hydrogen-bond donors (Lipinski definition) is 0. The molecule has 0 radical (unpaired) electrons. The number of halogens is 1. The number of benzene rings is 2. The molecule has 1 aliphatic carbocycles. The summed E-state index contributed by atoms with van der Waals surface area (Å²) in [6.45, 7) is 1.14. The largest absolute Gasteiger partial charge is 0.460 e. The summed E-state index contributed by atoms with van der Waals surface area (Å²) in [4.78, 5) is 0. The molecule has 1 atom stereocenters. The van der Waals surface area contributed by atoms with Crippen LogP contribution < -0.4 is 4.74 Å². The van der Waals surface area contributed by atoms with Gasteiger partial charge in [-0.3, -0.25) is 0 Å². The molecular weight excluding hydrogens is 329 g/mol. The van der Waals surface area contributed by atoms with Crippen LogP contribution in [0.25, 0.3) is 0 Å². The fraction of sp³-hybridized carbons (Fsp3) is 0.455. The number of nitrogens with zero attached hydrogens (tertiary/aromatic N) is 1. The molecule has 1 fully saturated rings. The first-order chi connectivity index (χ1) is 12.5. The highest BCUT2D eigenvalue weighted by Crippen LogP contribution is 2.38. The molecule has 26 heavy (non-hydrogen) atoms. The lowest BCUT2D eigenvalue weighted by Crippen LogP contribution is -2.46. The number of quaternary nitrogens is 1. The van der Waals surface area contributed by atoms with E-state index in [1.54, 1.807) is 6.07 Å². The predicted octanol–water partition coefficient (Wildman–Crippen LogP) is 4.95. The second kappa shape index (κ2) is 7.01. The number of rotatable bonds is 4. The highest BCUT2D eigenvalue weighted by atomic mass is 19.1. The van der Waals surface area contributed by atoms with Crippen molar-refractivity contribution in [3.8, 4) is 5.75 Å². The standard InChI is InChI=1S/C22H27FNO2/c1-24(2,20-10-6-7-11-20)14-17-12-19(23)13-18-15-25-22(26-21(17)18)16-8-4-3-5-9-16/h3-5,8-9,12-13,20,22H,6-7,10-11,14-15H2,1-2H3/q+1/t22-/m0/s1. The molecule has 0 saturated heterocycles. The minimum absolute atomic E-state index is 0.212. The Bertz CT molecular complexity index is 769. The zero-order valence-electron chi connectivity index (χ0n) is 15.6. The van der Waals surface area contributed by atoms with Crippen molar-refractivity contribution >= 4 is 0 Å². The minimum atomic E-state index is -0.435. The first-order valence-corrected chi connectivity index (χ1v) is 9.50. The molecule has 0 aromatic heterocycles. The molecule has 2 aromatic rings. The molecule has 3 nitrogen and oxygen atoms in total. The lowest BCUT2D eigenvalue weighted by Gasteiger charge is -2.37. The SMILES string of the molecule is C[N+](C)(Cc1cc(F)cc2c1O[C@@H](c1ccccc1)OC2)C1CCCC1. The van der Waals surface area contributed by atoms with Crippen LogP contribution in [0.15, 0.2) is 42.5 Å². The van der Waals surface area contributed by atoms with Gasteiger partial charge in [-0.15, -0.1) is 0 Å². The van der Waals surface area contributed by atoms with E-state index in [2.05, 4.69) is 14.1 Å². The Balaban J connectivity index is 1.63. The molecule has 4 heteroatoms. The molecule has 0 bridgehead atoms. The van der Waals surface area contributed by atoms with E-state index in [1.807, 2.05) is 30.3 Å². The van der Waals surface area contributed by atoms with Gasteiger partial charge in [-0.1, -0.05) is 30.3 Å². The smallest absolute Gasteiger partial charge is 0.227 e. The highest BCUT2D eigenvalue weighted by Gasteiger charge is 2.34. The van der Waals surface area contributed by atoms with E-state index in [0.29, 0.717) is 12.6 Å². The van der Waals surface area contributed by atoms with E-state index < -0.39 is 6.29 Å². The van der Waals surface area contributed by atoms with Crippen LogP contribution in [-0.2, 0) is 17.9 Å². The molecule has 138 valence electrons. The van der Waals surface area contributed by atoms with Crippen molar-refractivity contribution in [3.05, 3.63) is 65.0 Å². The van der Waals surface area contributed by atoms with Gasteiger partial charge in [0.1, 0.15) is 18.1 Å². The van der Waals surface area contributed by atoms with Gasteiger partial charge in [0.2, 0.25) is 6.29 Å². The molecule has 4 rings (SSSR count). The van der Waals surface area contributed by atoms with Gasteiger partial charge in [-0.05, 0) is 37.8 Å². The summed E-state index contributed by atoms with van der Waals surface area (Å²) >= 11 is 0. The maximum Gasteiger partial charge on any atom is 0.227 e. The maximum atomic E-state index is 14.2. The second-order valence-corrected chi connectivity index (χ2v) is 8.10. The predicted molar refractivity (Wildman–Crippen MR) is 99.1 cm³/mol. The third kappa shape index (κ3) is 3.49. The normalized spacial score (nSPS) is 20.7. The van der Waals surface area contributed by atoms with E-state index in [9.17, 15) is 4.39 Å². The van der Waals surface area contributed by atoms with Gasteiger partial charge in [0.25, 0.3) is 0 Å². The zero-order valence-corrected chi connectivity index (χ0v) is 15.6. The van der Waals surface area contributed by atoms with Gasteiger partial charge in [0.05, 0.1) is 32.3 Å². The first-order valence-electron chi connectivity index (χ1n) is 9.50. The van der Waals surface area contributed by atoms with E-state index in [4.69, 9.17) is 9.47 Å². The summed E-state index contributed by atoms with van der Waals surface area (Å²) in [5.41, 5.74) is 2.73. The van der Waals surface area contributed by atoms with E-state index in [1.165, 1.54) is 31.7 Å². The van der Waals surface area contributed by atoms with Gasteiger partial charge in [0, 0.05) is 11.1 Å². The van der Waals surface area contributed by atoms with E-state index in [0.717, 1.165) is 33.5 Å². The van der Waals surface area contributed by atoms with Crippen molar-refractivity contribution in [3.63, 3.8) is 0 Å². The van der Waals surface area contributed by atoms with Gasteiger partial charge < -0.3 is 14.0 Å². The Labute approximate surface area is 154 Å².